The third-order valence-electron chi connectivity index (χ3n) is 4.01. The van der Waals surface area contributed by atoms with Crippen LogP contribution in [0.15, 0.2) is 29.6 Å². The lowest BCUT2D eigenvalue weighted by Gasteiger charge is -2.19. The fourth-order valence-electron chi connectivity index (χ4n) is 2.75. The summed E-state index contributed by atoms with van der Waals surface area (Å²) in [6.45, 7) is 5.76. The Morgan fingerprint density at radius 2 is 2.32 bits per heavy atom. The van der Waals surface area contributed by atoms with Gasteiger partial charge in [0, 0.05) is 36.6 Å². The summed E-state index contributed by atoms with van der Waals surface area (Å²) >= 11 is 1.68. The van der Waals surface area contributed by atoms with Crippen molar-refractivity contribution in [2.24, 2.45) is 0 Å². The number of aryl methyl sites for hydroxylation is 1. The van der Waals surface area contributed by atoms with Gasteiger partial charge in [0.25, 0.3) is 0 Å². The molecular weight excluding hydrogens is 294 g/mol. The largest absolute Gasteiger partial charge is 0.312 e. The fraction of sp³-hybridized carbons (Fsp3) is 0.412. The number of anilines is 1. The van der Waals surface area contributed by atoms with Crippen molar-refractivity contribution >= 4 is 22.9 Å². The van der Waals surface area contributed by atoms with Crippen LogP contribution in [0.5, 0.6) is 0 Å². The van der Waals surface area contributed by atoms with Crippen LogP contribution in [0, 0.1) is 6.92 Å². The maximum absolute atomic E-state index is 11.9. The molecule has 2 heterocycles. The molecule has 3 rings (SSSR count). The molecule has 0 spiro atoms. The van der Waals surface area contributed by atoms with Gasteiger partial charge in [-0.1, -0.05) is 12.1 Å². The van der Waals surface area contributed by atoms with Crippen molar-refractivity contribution in [3.63, 3.8) is 0 Å². The van der Waals surface area contributed by atoms with Crippen molar-refractivity contribution in [3.05, 3.63) is 45.9 Å². The summed E-state index contributed by atoms with van der Waals surface area (Å²) in [5.74, 6) is 0.232. The van der Waals surface area contributed by atoms with Crippen LogP contribution < -0.4 is 10.2 Å². The first-order valence-corrected chi connectivity index (χ1v) is 8.56. The molecule has 1 N–H and O–H groups in total. The maximum atomic E-state index is 11.9. The minimum absolute atomic E-state index is 0.222. The molecule has 0 radical (unpaired) electrons. The maximum Gasteiger partial charge on any atom is 0.227 e. The Labute approximate surface area is 135 Å². The highest BCUT2D eigenvalue weighted by molar-refractivity contribution is 7.09. The van der Waals surface area contributed by atoms with E-state index in [4.69, 9.17) is 0 Å². The van der Waals surface area contributed by atoms with Gasteiger partial charge >= 0.3 is 0 Å². The second kappa shape index (κ2) is 6.58. The Balaban J connectivity index is 1.67. The summed E-state index contributed by atoms with van der Waals surface area (Å²) in [6.07, 6.45) is 1.63. The molecule has 1 aliphatic rings. The van der Waals surface area contributed by atoms with Gasteiger partial charge in [0.1, 0.15) is 0 Å². The predicted molar refractivity (Wildman–Crippen MR) is 90.1 cm³/mol. The number of carbonyl (C=O) groups excluding carboxylic acids is 1. The number of carbonyl (C=O) groups is 1. The van der Waals surface area contributed by atoms with Crippen LogP contribution in [-0.2, 0) is 11.3 Å². The minimum atomic E-state index is 0.222. The highest BCUT2D eigenvalue weighted by Gasteiger charge is 2.22. The number of rotatable bonds is 5. The molecule has 5 heteroatoms. The Morgan fingerprint density at radius 1 is 1.45 bits per heavy atom. The van der Waals surface area contributed by atoms with Crippen molar-refractivity contribution in [2.75, 3.05) is 11.4 Å². The SMILES string of the molecule is Cc1nc(CN[C@H](C)c2cccc(N3CCCC3=O)c2)cs1. The summed E-state index contributed by atoms with van der Waals surface area (Å²) in [4.78, 5) is 18.2. The smallest absolute Gasteiger partial charge is 0.227 e. The second-order valence-corrected chi connectivity index (χ2v) is 6.77. The van der Waals surface area contributed by atoms with Gasteiger partial charge in [-0.25, -0.2) is 4.98 Å². The molecule has 1 aromatic heterocycles. The van der Waals surface area contributed by atoms with Crippen LogP contribution >= 0.6 is 11.3 Å². The van der Waals surface area contributed by atoms with Crippen molar-refractivity contribution in [2.45, 2.75) is 39.3 Å². The van der Waals surface area contributed by atoms with E-state index in [-0.39, 0.29) is 11.9 Å². The summed E-state index contributed by atoms with van der Waals surface area (Å²) in [6, 6.07) is 8.49. The summed E-state index contributed by atoms with van der Waals surface area (Å²) in [5.41, 5.74) is 3.29. The van der Waals surface area contributed by atoms with E-state index in [0.717, 1.165) is 35.9 Å². The van der Waals surface area contributed by atoms with Gasteiger partial charge in [-0.3, -0.25) is 4.79 Å². The zero-order chi connectivity index (χ0) is 15.5. The highest BCUT2D eigenvalue weighted by atomic mass is 32.1. The minimum Gasteiger partial charge on any atom is -0.312 e. The number of benzene rings is 1. The van der Waals surface area contributed by atoms with Gasteiger partial charge < -0.3 is 10.2 Å². The molecule has 1 fully saturated rings. The van der Waals surface area contributed by atoms with Crippen LogP contribution in [0.1, 0.15) is 42.1 Å². The van der Waals surface area contributed by atoms with Crippen LogP contribution in [-0.4, -0.2) is 17.4 Å². The van der Waals surface area contributed by atoms with Crippen LogP contribution in [0.2, 0.25) is 0 Å². The van der Waals surface area contributed by atoms with Crippen LogP contribution in [0.4, 0.5) is 5.69 Å². The van der Waals surface area contributed by atoms with Gasteiger partial charge in [-0.2, -0.15) is 0 Å². The second-order valence-electron chi connectivity index (χ2n) is 5.70. The quantitative estimate of drug-likeness (QED) is 0.919. The van der Waals surface area contributed by atoms with Crippen molar-refractivity contribution < 1.29 is 4.79 Å². The molecule has 0 saturated carbocycles. The number of nitrogens with one attached hydrogen (secondary N) is 1. The first kappa shape index (κ1) is 15.2. The first-order chi connectivity index (χ1) is 10.6. The number of amides is 1. The van der Waals surface area contributed by atoms with Crippen molar-refractivity contribution in [3.8, 4) is 0 Å². The van der Waals surface area contributed by atoms with Crippen LogP contribution in [0.25, 0.3) is 0 Å². The van der Waals surface area contributed by atoms with E-state index in [9.17, 15) is 4.79 Å². The van der Waals surface area contributed by atoms with Gasteiger partial charge in [0.15, 0.2) is 0 Å². The van der Waals surface area contributed by atoms with Gasteiger partial charge in [0.05, 0.1) is 10.7 Å². The molecule has 22 heavy (non-hydrogen) atoms. The first-order valence-electron chi connectivity index (χ1n) is 7.68. The molecule has 1 aliphatic heterocycles. The molecule has 0 unspecified atom stereocenters. The zero-order valence-corrected chi connectivity index (χ0v) is 13.8. The average molecular weight is 315 g/mol. The van der Waals surface area contributed by atoms with E-state index in [2.05, 4.69) is 34.7 Å². The molecule has 4 nitrogen and oxygen atoms in total. The van der Waals surface area contributed by atoms with Crippen molar-refractivity contribution in [1.29, 1.82) is 0 Å². The molecule has 116 valence electrons. The molecule has 1 saturated heterocycles. The zero-order valence-electron chi connectivity index (χ0n) is 13.0. The molecule has 1 aromatic carbocycles. The average Bonchev–Trinajstić information content (AvgIpc) is 3.13. The summed E-state index contributed by atoms with van der Waals surface area (Å²) in [5, 5.41) is 6.69. The lowest BCUT2D eigenvalue weighted by atomic mass is 10.1. The van der Waals surface area contributed by atoms with E-state index in [1.54, 1.807) is 11.3 Å². The summed E-state index contributed by atoms with van der Waals surface area (Å²) in [7, 11) is 0. The number of thiazole rings is 1. The summed E-state index contributed by atoms with van der Waals surface area (Å²) < 4.78 is 0. The van der Waals surface area contributed by atoms with E-state index >= 15 is 0 Å². The number of hydrogen-bond donors (Lipinski definition) is 1. The fourth-order valence-corrected chi connectivity index (χ4v) is 3.36. The van der Waals surface area contributed by atoms with Gasteiger partial charge in [0.2, 0.25) is 5.91 Å². The van der Waals surface area contributed by atoms with Crippen molar-refractivity contribution in [1.82, 2.24) is 10.3 Å². The topological polar surface area (TPSA) is 45.2 Å². The van der Waals surface area contributed by atoms with E-state index in [1.165, 1.54) is 5.56 Å². The van der Waals surface area contributed by atoms with Crippen LogP contribution in [0.3, 0.4) is 0 Å². The highest BCUT2D eigenvalue weighted by Crippen LogP contribution is 2.25. The predicted octanol–water partition coefficient (Wildman–Crippen LogP) is 3.43. The third-order valence-corrected chi connectivity index (χ3v) is 4.83. The molecule has 1 atom stereocenters. The van der Waals surface area contributed by atoms with E-state index in [1.807, 2.05) is 24.0 Å². The third kappa shape index (κ3) is 3.36. The number of aromatic nitrogens is 1. The molecule has 2 aromatic rings. The lowest BCUT2D eigenvalue weighted by Crippen LogP contribution is -2.24. The van der Waals surface area contributed by atoms with E-state index in [0.29, 0.717) is 6.42 Å². The van der Waals surface area contributed by atoms with Gasteiger partial charge in [-0.05, 0) is 38.0 Å². The monoisotopic (exact) mass is 315 g/mol. The number of hydrogen-bond acceptors (Lipinski definition) is 4. The van der Waals surface area contributed by atoms with E-state index < -0.39 is 0 Å². The normalized spacial score (nSPS) is 16.3. The molecule has 0 bridgehead atoms. The standard InChI is InChI=1S/C17H21N3OS/c1-12(18-10-15-11-22-13(2)19-15)14-5-3-6-16(9-14)20-8-4-7-17(20)21/h3,5-6,9,11-12,18H,4,7-8,10H2,1-2H3/t12-/m1/s1. The number of nitrogens with zero attached hydrogens (tertiary/aromatic N) is 2. The molecule has 0 aliphatic carbocycles. The lowest BCUT2D eigenvalue weighted by molar-refractivity contribution is -0.117. The Kier molecular flexibility index (Phi) is 4.55. The van der Waals surface area contributed by atoms with Gasteiger partial charge in [-0.15, -0.1) is 11.3 Å². The Hall–Kier alpha value is -1.72. The Bertz CT molecular complexity index is 667. The molecular formula is C17H21N3OS. The molecule has 1 amide bonds. The Morgan fingerprint density at radius 3 is 3.00 bits per heavy atom.